The van der Waals surface area contributed by atoms with E-state index in [0.717, 1.165) is 0 Å². The maximum absolute atomic E-state index is 12.8. The molecule has 0 spiro atoms. The Kier molecular flexibility index (Phi) is 5.88. The summed E-state index contributed by atoms with van der Waals surface area (Å²) in [6.45, 7) is 0. The second-order valence-electron chi connectivity index (χ2n) is 6.07. The van der Waals surface area contributed by atoms with Crippen LogP contribution in [0.15, 0.2) is 53.6 Å². The first kappa shape index (κ1) is 20.4. The number of carbonyl (C=O) groups excluding carboxylic acids is 1. The molecule has 0 atom stereocenters. The van der Waals surface area contributed by atoms with Gasteiger partial charge in [-0.1, -0.05) is 18.2 Å². The topological polar surface area (TPSA) is 104 Å². The van der Waals surface area contributed by atoms with Gasteiger partial charge >= 0.3 is 0 Å². The molecular formula is C20H20N2O6S. The summed E-state index contributed by atoms with van der Waals surface area (Å²) in [6.07, 6.45) is 1.30. The van der Waals surface area contributed by atoms with Crippen molar-refractivity contribution < 1.29 is 27.4 Å². The molecule has 1 heterocycles. The standard InChI is InChI=1S/C20H20N2O6S/c1-26-15-10-13(11-16(27-2)20(15)28-3)12-18(23)22-29(24,25)17-8-4-6-14-7-5-9-21-19(14)17/h4-11H,12H2,1-3H3,(H,22,23). The van der Waals surface area contributed by atoms with E-state index in [9.17, 15) is 13.2 Å². The molecule has 8 nitrogen and oxygen atoms in total. The molecule has 0 bridgehead atoms. The number of fused-ring (bicyclic) bond motifs is 1. The van der Waals surface area contributed by atoms with Crippen LogP contribution in [0.25, 0.3) is 10.9 Å². The van der Waals surface area contributed by atoms with Crippen LogP contribution >= 0.6 is 0 Å². The number of pyridine rings is 1. The number of methoxy groups -OCH3 is 3. The largest absolute Gasteiger partial charge is 0.493 e. The third kappa shape index (κ3) is 4.24. The second-order valence-corrected chi connectivity index (χ2v) is 7.72. The van der Waals surface area contributed by atoms with Crippen LogP contribution < -0.4 is 18.9 Å². The van der Waals surface area contributed by atoms with Crippen molar-refractivity contribution in [1.29, 1.82) is 0 Å². The lowest BCUT2D eigenvalue weighted by Gasteiger charge is -2.14. The van der Waals surface area contributed by atoms with E-state index < -0.39 is 15.9 Å². The molecule has 1 N–H and O–H groups in total. The quantitative estimate of drug-likeness (QED) is 0.630. The molecule has 0 radical (unpaired) electrons. The van der Waals surface area contributed by atoms with Gasteiger partial charge in [-0.3, -0.25) is 9.78 Å². The Hall–Kier alpha value is -3.33. The molecule has 0 unspecified atom stereocenters. The van der Waals surface area contributed by atoms with Crippen molar-refractivity contribution in [2.45, 2.75) is 11.3 Å². The van der Waals surface area contributed by atoms with Crippen molar-refractivity contribution in [1.82, 2.24) is 9.71 Å². The fraction of sp³-hybridized carbons (Fsp3) is 0.200. The summed E-state index contributed by atoms with van der Waals surface area (Å²) < 4.78 is 43.4. The summed E-state index contributed by atoms with van der Waals surface area (Å²) in [4.78, 5) is 16.5. The molecule has 0 saturated carbocycles. The van der Waals surface area contributed by atoms with Crippen molar-refractivity contribution in [3.63, 3.8) is 0 Å². The summed E-state index contributed by atoms with van der Waals surface area (Å²) in [5.41, 5.74) is 0.798. The number of aromatic nitrogens is 1. The van der Waals surface area contributed by atoms with Crippen molar-refractivity contribution in [2.24, 2.45) is 0 Å². The number of sulfonamides is 1. The third-order valence-corrected chi connectivity index (χ3v) is 5.63. The first-order valence-corrected chi connectivity index (χ1v) is 10.1. The summed E-state index contributed by atoms with van der Waals surface area (Å²) in [5, 5.41) is 0.660. The van der Waals surface area contributed by atoms with Gasteiger partial charge in [0.1, 0.15) is 4.90 Å². The smallest absolute Gasteiger partial charge is 0.266 e. The number of benzene rings is 2. The highest BCUT2D eigenvalue weighted by molar-refractivity contribution is 7.90. The molecule has 9 heteroatoms. The molecule has 0 fully saturated rings. The van der Waals surface area contributed by atoms with Gasteiger partial charge in [0, 0.05) is 11.6 Å². The molecular weight excluding hydrogens is 396 g/mol. The number of carbonyl (C=O) groups is 1. The van der Waals surface area contributed by atoms with Crippen molar-refractivity contribution in [2.75, 3.05) is 21.3 Å². The molecule has 2 aromatic carbocycles. The van der Waals surface area contributed by atoms with E-state index in [1.54, 1.807) is 36.4 Å². The SMILES string of the molecule is COc1cc(CC(=O)NS(=O)(=O)c2cccc3cccnc23)cc(OC)c1OC. The van der Waals surface area contributed by atoms with E-state index in [0.29, 0.717) is 33.7 Å². The lowest BCUT2D eigenvalue weighted by atomic mass is 10.1. The molecule has 152 valence electrons. The zero-order valence-corrected chi connectivity index (χ0v) is 16.9. The van der Waals surface area contributed by atoms with Gasteiger partial charge in [-0.25, -0.2) is 13.1 Å². The van der Waals surface area contributed by atoms with E-state index in [1.165, 1.54) is 33.6 Å². The van der Waals surface area contributed by atoms with Gasteiger partial charge in [-0.15, -0.1) is 0 Å². The molecule has 0 saturated heterocycles. The molecule has 0 aliphatic carbocycles. The minimum absolute atomic E-state index is 0.0613. The van der Waals surface area contributed by atoms with Crippen LogP contribution in [0.5, 0.6) is 17.2 Å². The Morgan fingerprint density at radius 1 is 1.00 bits per heavy atom. The summed E-state index contributed by atoms with van der Waals surface area (Å²) in [5.74, 6) is 0.423. The van der Waals surface area contributed by atoms with E-state index in [4.69, 9.17) is 14.2 Å². The van der Waals surface area contributed by atoms with Crippen molar-refractivity contribution >= 4 is 26.8 Å². The van der Waals surface area contributed by atoms with Crippen LogP contribution in [0.4, 0.5) is 0 Å². The van der Waals surface area contributed by atoms with Crippen LogP contribution in [0.2, 0.25) is 0 Å². The van der Waals surface area contributed by atoms with Crippen LogP contribution in [-0.4, -0.2) is 40.6 Å². The van der Waals surface area contributed by atoms with E-state index in [-0.39, 0.29) is 11.3 Å². The minimum Gasteiger partial charge on any atom is -0.493 e. The highest BCUT2D eigenvalue weighted by Gasteiger charge is 2.22. The molecule has 3 aromatic rings. The second kappa shape index (κ2) is 8.36. The molecule has 29 heavy (non-hydrogen) atoms. The Bertz CT molecular complexity index is 1130. The molecule has 0 aliphatic rings. The normalized spacial score (nSPS) is 11.1. The van der Waals surface area contributed by atoms with E-state index in [2.05, 4.69) is 9.71 Å². The minimum atomic E-state index is -4.10. The van der Waals surface area contributed by atoms with Gasteiger partial charge in [-0.2, -0.15) is 0 Å². The number of ether oxygens (including phenoxy) is 3. The van der Waals surface area contributed by atoms with Gasteiger partial charge in [0.25, 0.3) is 10.0 Å². The van der Waals surface area contributed by atoms with Crippen LogP contribution in [0, 0.1) is 0 Å². The lowest BCUT2D eigenvalue weighted by Crippen LogP contribution is -2.32. The van der Waals surface area contributed by atoms with Gasteiger partial charge in [0.05, 0.1) is 33.3 Å². The Morgan fingerprint density at radius 3 is 2.28 bits per heavy atom. The fourth-order valence-electron chi connectivity index (χ4n) is 2.96. The van der Waals surface area contributed by atoms with Gasteiger partial charge < -0.3 is 14.2 Å². The predicted molar refractivity (Wildman–Crippen MR) is 107 cm³/mol. The first-order chi connectivity index (χ1) is 13.9. The van der Waals surface area contributed by atoms with Crippen LogP contribution in [-0.2, 0) is 21.2 Å². The van der Waals surface area contributed by atoms with Gasteiger partial charge in [0.2, 0.25) is 11.7 Å². The Balaban J connectivity index is 1.87. The van der Waals surface area contributed by atoms with Gasteiger partial charge in [-0.05, 0) is 29.8 Å². The molecule has 1 aromatic heterocycles. The van der Waals surface area contributed by atoms with Crippen molar-refractivity contribution in [3.05, 3.63) is 54.2 Å². The van der Waals surface area contributed by atoms with Gasteiger partial charge in [0.15, 0.2) is 11.5 Å². The summed E-state index contributed by atoms with van der Waals surface area (Å²) in [6, 6.07) is 11.4. The maximum atomic E-state index is 12.8. The van der Waals surface area contributed by atoms with Crippen molar-refractivity contribution in [3.8, 4) is 17.2 Å². The average Bonchev–Trinajstić information content (AvgIpc) is 2.71. The van der Waals surface area contributed by atoms with E-state index >= 15 is 0 Å². The number of amides is 1. The number of nitrogens with zero attached hydrogens (tertiary/aromatic N) is 1. The first-order valence-electron chi connectivity index (χ1n) is 8.58. The number of para-hydroxylation sites is 1. The molecule has 0 aliphatic heterocycles. The zero-order chi connectivity index (χ0) is 21.0. The maximum Gasteiger partial charge on any atom is 0.266 e. The number of hydrogen-bond acceptors (Lipinski definition) is 7. The monoisotopic (exact) mass is 416 g/mol. The fourth-order valence-corrected chi connectivity index (χ4v) is 4.12. The third-order valence-electron chi connectivity index (χ3n) is 4.22. The number of hydrogen-bond donors (Lipinski definition) is 1. The molecule has 1 amide bonds. The zero-order valence-electron chi connectivity index (χ0n) is 16.1. The van der Waals surface area contributed by atoms with E-state index in [1.807, 2.05) is 0 Å². The summed E-state index contributed by atoms with van der Waals surface area (Å²) >= 11 is 0. The highest BCUT2D eigenvalue weighted by Crippen LogP contribution is 2.38. The number of nitrogens with one attached hydrogen (secondary N) is 1. The molecule has 3 rings (SSSR count). The lowest BCUT2D eigenvalue weighted by molar-refractivity contribution is -0.118. The average molecular weight is 416 g/mol. The van der Waals surface area contributed by atoms with Crippen LogP contribution in [0.3, 0.4) is 0 Å². The Labute approximate surface area is 168 Å². The Morgan fingerprint density at radius 2 is 1.66 bits per heavy atom. The number of rotatable bonds is 7. The van der Waals surface area contributed by atoms with Crippen LogP contribution in [0.1, 0.15) is 5.56 Å². The predicted octanol–water partition coefficient (Wildman–Crippen LogP) is 2.31. The highest BCUT2D eigenvalue weighted by atomic mass is 32.2. The summed E-state index contributed by atoms with van der Waals surface area (Å²) in [7, 11) is 0.285.